The molecule has 5 heteroatoms. The molecule has 0 saturated carbocycles. The van der Waals surface area contributed by atoms with E-state index in [0.29, 0.717) is 11.3 Å². The highest BCUT2D eigenvalue weighted by Crippen LogP contribution is 2.13. The van der Waals surface area contributed by atoms with Gasteiger partial charge in [-0.3, -0.25) is 0 Å². The van der Waals surface area contributed by atoms with Crippen LogP contribution >= 0.6 is 0 Å². The van der Waals surface area contributed by atoms with Crippen molar-refractivity contribution >= 4 is 5.97 Å². The lowest BCUT2D eigenvalue weighted by atomic mass is 10.2. The molecular weight excluding hydrogens is 224 g/mol. The van der Waals surface area contributed by atoms with Crippen LogP contribution in [0.4, 0.5) is 0 Å². The number of esters is 1. The molecule has 0 saturated heterocycles. The van der Waals surface area contributed by atoms with E-state index in [0.717, 1.165) is 0 Å². The Morgan fingerprint density at radius 2 is 2.00 bits per heavy atom. The zero-order valence-corrected chi connectivity index (χ0v) is 9.63. The molecule has 0 heterocycles. The van der Waals surface area contributed by atoms with Gasteiger partial charge in [-0.2, -0.15) is 0 Å². The molecule has 0 fully saturated rings. The van der Waals surface area contributed by atoms with Crippen molar-refractivity contribution in [2.75, 3.05) is 20.3 Å². The SMILES string of the molecule is COC(=O)c1ccc(OCC(O)CCO)cc1. The first kappa shape index (κ1) is 13.5. The Morgan fingerprint density at radius 1 is 1.35 bits per heavy atom. The maximum absolute atomic E-state index is 11.1. The number of methoxy groups -OCH3 is 1. The lowest BCUT2D eigenvalue weighted by molar-refractivity contribution is 0.0600. The molecule has 1 aromatic rings. The number of aliphatic hydroxyl groups excluding tert-OH is 2. The Bertz CT molecular complexity index is 346. The second-order valence-electron chi connectivity index (χ2n) is 3.49. The Morgan fingerprint density at radius 3 is 2.53 bits per heavy atom. The number of benzene rings is 1. The Kier molecular flexibility index (Phi) is 5.45. The zero-order chi connectivity index (χ0) is 12.7. The molecule has 0 aliphatic carbocycles. The monoisotopic (exact) mass is 240 g/mol. The predicted octanol–water partition coefficient (Wildman–Crippen LogP) is 0.595. The van der Waals surface area contributed by atoms with Crippen LogP contribution in [-0.4, -0.2) is 42.6 Å². The van der Waals surface area contributed by atoms with Gasteiger partial charge < -0.3 is 19.7 Å². The third kappa shape index (κ3) is 4.42. The van der Waals surface area contributed by atoms with Crippen LogP contribution in [-0.2, 0) is 4.74 Å². The minimum atomic E-state index is -0.694. The van der Waals surface area contributed by atoms with E-state index in [9.17, 15) is 9.90 Å². The van der Waals surface area contributed by atoms with E-state index in [1.54, 1.807) is 24.3 Å². The lowest BCUT2D eigenvalue weighted by Crippen LogP contribution is -2.18. The first-order chi connectivity index (χ1) is 8.17. The van der Waals surface area contributed by atoms with Crippen molar-refractivity contribution in [1.82, 2.24) is 0 Å². The van der Waals surface area contributed by atoms with Crippen molar-refractivity contribution in [3.8, 4) is 5.75 Å². The topological polar surface area (TPSA) is 76.0 Å². The van der Waals surface area contributed by atoms with Crippen LogP contribution in [0.25, 0.3) is 0 Å². The molecule has 0 amide bonds. The molecule has 0 spiro atoms. The van der Waals surface area contributed by atoms with Crippen LogP contribution in [0.15, 0.2) is 24.3 Å². The first-order valence-corrected chi connectivity index (χ1v) is 5.27. The molecule has 0 radical (unpaired) electrons. The maximum Gasteiger partial charge on any atom is 0.337 e. The quantitative estimate of drug-likeness (QED) is 0.712. The predicted molar refractivity (Wildman–Crippen MR) is 61.0 cm³/mol. The van der Waals surface area contributed by atoms with Gasteiger partial charge in [0.1, 0.15) is 12.4 Å². The van der Waals surface area contributed by atoms with E-state index in [1.807, 2.05) is 0 Å². The fourth-order valence-electron chi connectivity index (χ4n) is 1.23. The second-order valence-corrected chi connectivity index (χ2v) is 3.49. The van der Waals surface area contributed by atoms with Gasteiger partial charge >= 0.3 is 5.97 Å². The number of hydrogen-bond donors (Lipinski definition) is 2. The van der Waals surface area contributed by atoms with Crippen molar-refractivity contribution in [1.29, 1.82) is 0 Å². The van der Waals surface area contributed by atoms with E-state index in [1.165, 1.54) is 7.11 Å². The Labute approximate surface area is 99.6 Å². The van der Waals surface area contributed by atoms with E-state index < -0.39 is 12.1 Å². The van der Waals surface area contributed by atoms with Crippen LogP contribution in [0.5, 0.6) is 5.75 Å². The van der Waals surface area contributed by atoms with Crippen LogP contribution in [0.1, 0.15) is 16.8 Å². The molecule has 1 aromatic carbocycles. The van der Waals surface area contributed by atoms with Crippen molar-refractivity contribution in [3.05, 3.63) is 29.8 Å². The average Bonchev–Trinajstić information content (AvgIpc) is 2.36. The third-order valence-electron chi connectivity index (χ3n) is 2.18. The summed E-state index contributed by atoms with van der Waals surface area (Å²) < 4.78 is 9.83. The summed E-state index contributed by atoms with van der Waals surface area (Å²) >= 11 is 0. The second kappa shape index (κ2) is 6.88. The smallest absolute Gasteiger partial charge is 0.337 e. The van der Waals surface area contributed by atoms with Gasteiger partial charge in [0, 0.05) is 6.61 Å². The Hall–Kier alpha value is -1.59. The number of carbonyl (C=O) groups is 1. The van der Waals surface area contributed by atoms with Gasteiger partial charge in [0.2, 0.25) is 0 Å². The molecule has 0 aromatic heterocycles. The average molecular weight is 240 g/mol. The highest BCUT2D eigenvalue weighted by molar-refractivity contribution is 5.89. The van der Waals surface area contributed by atoms with Gasteiger partial charge in [-0.25, -0.2) is 4.79 Å². The summed E-state index contributed by atoms with van der Waals surface area (Å²) in [5.74, 6) is 0.145. The molecule has 0 bridgehead atoms. The van der Waals surface area contributed by atoms with Crippen LogP contribution in [0.3, 0.4) is 0 Å². The molecular formula is C12H16O5. The standard InChI is InChI=1S/C12H16O5/c1-16-12(15)9-2-4-11(5-3-9)17-8-10(14)6-7-13/h2-5,10,13-14H,6-8H2,1H3. The lowest BCUT2D eigenvalue weighted by Gasteiger charge is -2.11. The first-order valence-electron chi connectivity index (χ1n) is 5.27. The summed E-state index contributed by atoms with van der Waals surface area (Å²) in [6.07, 6.45) is -0.416. The summed E-state index contributed by atoms with van der Waals surface area (Å²) in [7, 11) is 1.32. The molecule has 0 aliphatic heterocycles. The van der Waals surface area contributed by atoms with Gasteiger partial charge in [-0.05, 0) is 30.7 Å². The van der Waals surface area contributed by atoms with E-state index in [2.05, 4.69) is 4.74 Å². The summed E-state index contributed by atoms with van der Waals surface area (Å²) in [4.78, 5) is 11.1. The van der Waals surface area contributed by atoms with Gasteiger partial charge in [0.25, 0.3) is 0 Å². The van der Waals surface area contributed by atoms with Gasteiger partial charge in [0.15, 0.2) is 0 Å². The fourth-order valence-corrected chi connectivity index (χ4v) is 1.23. The Balaban J connectivity index is 2.48. The molecule has 1 rings (SSSR count). The molecule has 5 nitrogen and oxygen atoms in total. The molecule has 17 heavy (non-hydrogen) atoms. The number of rotatable bonds is 6. The fraction of sp³-hybridized carbons (Fsp3) is 0.417. The van der Waals surface area contributed by atoms with Gasteiger partial charge in [-0.15, -0.1) is 0 Å². The number of aliphatic hydroxyl groups is 2. The normalized spacial score (nSPS) is 11.9. The zero-order valence-electron chi connectivity index (χ0n) is 9.63. The van der Waals surface area contributed by atoms with Crippen molar-refractivity contribution < 1.29 is 24.5 Å². The summed E-state index contributed by atoms with van der Waals surface area (Å²) in [5, 5.41) is 17.9. The summed E-state index contributed by atoms with van der Waals surface area (Å²) in [6, 6.07) is 6.41. The summed E-state index contributed by atoms with van der Waals surface area (Å²) in [6.45, 7) is 0.0317. The summed E-state index contributed by atoms with van der Waals surface area (Å²) in [5.41, 5.74) is 0.441. The minimum absolute atomic E-state index is 0.0776. The van der Waals surface area contributed by atoms with E-state index in [4.69, 9.17) is 9.84 Å². The molecule has 0 aliphatic rings. The number of carbonyl (C=O) groups excluding carboxylic acids is 1. The van der Waals surface area contributed by atoms with Crippen molar-refractivity contribution in [2.24, 2.45) is 0 Å². The maximum atomic E-state index is 11.1. The van der Waals surface area contributed by atoms with Gasteiger partial charge in [0.05, 0.1) is 18.8 Å². The van der Waals surface area contributed by atoms with Gasteiger partial charge in [-0.1, -0.05) is 0 Å². The highest BCUT2D eigenvalue weighted by Gasteiger charge is 2.06. The highest BCUT2D eigenvalue weighted by atomic mass is 16.5. The largest absolute Gasteiger partial charge is 0.491 e. The van der Waals surface area contributed by atoms with Crippen LogP contribution in [0, 0.1) is 0 Å². The molecule has 94 valence electrons. The van der Waals surface area contributed by atoms with Crippen LogP contribution < -0.4 is 4.74 Å². The van der Waals surface area contributed by atoms with Crippen LogP contribution in [0.2, 0.25) is 0 Å². The van der Waals surface area contributed by atoms with Crippen molar-refractivity contribution in [2.45, 2.75) is 12.5 Å². The van der Waals surface area contributed by atoms with E-state index in [-0.39, 0.29) is 19.6 Å². The molecule has 1 unspecified atom stereocenters. The number of ether oxygens (including phenoxy) is 2. The minimum Gasteiger partial charge on any atom is -0.491 e. The number of hydrogen-bond acceptors (Lipinski definition) is 5. The molecule has 1 atom stereocenters. The van der Waals surface area contributed by atoms with E-state index >= 15 is 0 Å². The molecule has 2 N–H and O–H groups in total. The third-order valence-corrected chi connectivity index (χ3v) is 2.18. The van der Waals surface area contributed by atoms with Crippen molar-refractivity contribution in [3.63, 3.8) is 0 Å².